The minimum Gasteiger partial charge on any atom is -0.0620 e. The van der Waals surface area contributed by atoms with E-state index in [4.69, 9.17) is 0 Å². The normalized spacial score (nSPS) is 59.0. The SMILES string of the molecule is CC1C2CCC(C2)CC1C1CC2CCCC2C1C. The van der Waals surface area contributed by atoms with Crippen LogP contribution in [0.4, 0.5) is 0 Å². The third-order valence-electron chi connectivity index (χ3n) is 7.80. The summed E-state index contributed by atoms with van der Waals surface area (Å²) >= 11 is 0. The molecule has 0 nitrogen and oxygen atoms in total. The molecule has 4 rings (SSSR count). The Hall–Kier alpha value is 0. The van der Waals surface area contributed by atoms with Gasteiger partial charge < -0.3 is 0 Å². The molecule has 102 valence electrons. The van der Waals surface area contributed by atoms with Gasteiger partial charge in [0, 0.05) is 0 Å². The molecule has 0 saturated heterocycles. The molecule has 4 aliphatic rings. The van der Waals surface area contributed by atoms with Crippen molar-refractivity contribution in [3.63, 3.8) is 0 Å². The van der Waals surface area contributed by atoms with Crippen molar-refractivity contribution in [2.24, 2.45) is 47.3 Å². The van der Waals surface area contributed by atoms with Gasteiger partial charge in [-0.1, -0.05) is 33.1 Å². The third-order valence-corrected chi connectivity index (χ3v) is 7.80. The van der Waals surface area contributed by atoms with Gasteiger partial charge in [0.15, 0.2) is 0 Å². The molecule has 4 fully saturated rings. The van der Waals surface area contributed by atoms with Crippen LogP contribution in [0.15, 0.2) is 0 Å². The first kappa shape index (κ1) is 11.8. The second-order valence-electron chi connectivity index (χ2n) is 8.31. The van der Waals surface area contributed by atoms with E-state index < -0.39 is 0 Å². The van der Waals surface area contributed by atoms with Gasteiger partial charge in [0.1, 0.15) is 0 Å². The molecule has 4 saturated carbocycles. The van der Waals surface area contributed by atoms with Crippen molar-refractivity contribution >= 4 is 0 Å². The maximum atomic E-state index is 2.61. The first-order valence-electron chi connectivity index (χ1n) is 8.74. The maximum Gasteiger partial charge on any atom is -0.0352 e. The quantitative estimate of drug-likeness (QED) is 0.601. The molecular weight excluding hydrogens is 216 g/mol. The highest BCUT2D eigenvalue weighted by Gasteiger charge is 2.50. The maximum absolute atomic E-state index is 2.61. The van der Waals surface area contributed by atoms with E-state index in [1.807, 2.05) is 0 Å². The van der Waals surface area contributed by atoms with Gasteiger partial charge in [0.25, 0.3) is 0 Å². The first-order chi connectivity index (χ1) is 8.74. The Morgan fingerprint density at radius 2 is 1.44 bits per heavy atom. The molecule has 0 heterocycles. The van der Waals surface area contributed by atoms with E-state index in [-0.39, 0.29) is 0 Å². The summed E-state index contributed by atoms with van der Waals surface area (Å²) in [7, 11) is 0. The van der Waals surface area contributed by atoms with Crippen LogP contribution in [0.25, 0.3) is 0 Å². The van der Waals surface area contributed by atoms with E-state index in [0.29, 0.717) is 0 Å². The fourth-order valence-electron chi connectivity index (χ4n) is 6.82. The number of rotatable bonds is 1. The van der Waals surface area contributed by atoms with E-state index in [1.165, 1.54) is 6.42 Å². The first-order valence-corrected chi connectivity index (χ1v) is 8.74. The average Bonchev–Trinajstić information content (AvgIpc) is 3.03. The zero-order valence-electron chi connectivity index (χ0n) is 12.3. The van der Waals surface area contributed by atoms with Crippen LogP contribution in [-0.4, -0.2) is 0 Å². The summed E-state index contributed by atoms with van der Waals surface area (Å²) in [5.41, 5.74) is 0. The molecule has 0 aromatic heterocycles. The van der Waals surface area contributed by atoms with Crippen molar-refractivity contribution in [1.82, 2.24) is 0 Å². The fraction of sp³-hybridized carbons (Fsp3) is 1.00. The van der Waals surface area contributed by atoms with Gasteiger partial charge in [-0.15, -0.1) is 0 Å². The zero-order valence-corrected chi connectivity index (χ0v) is 12.3. The molecule has 0 aliphatic heterocycles. The van der Waals surface area contributed by atoms with Gasteiger partial charge in [0.2, 0.25) is 0 Å². The molecule has 0 aromatic carbocycles. The lowest BCUT2D eigenvalue weighted by molar-refractivity contribution is 0.0887. The lowest BCUT2D eigenvalue weighted by atomic mass is 9.65. The van der Waals surface area contributed by atoms with E-state index in [0.717, 1.165) is 47.3 Å². The number of fused-ring (bicyclic) bond motifs is 3. The molecular formula is C18H30. The average molecular weight is 246 g/mol. The Labute approximate surface area is 113 Å². The lowest BCUT2D eigenvalue weighted by Crippen LogP contribution is -2.33. The summed E-state index contributed by atoms with van der Waals surface area (Å²) < 4.78 is 0. The summed E-state index contributed by atoms with van der Waals surface area (Å²) in [6.45, 7) is 5.22. The molecule has 0 N–H and O–H groups in total. The second-order valence-corrected chi connectivity index (χ2v) is 8.31. The van der Waals surface area contributed by atoms with Crippen molar-refractivity contribution < 1.29 is 0 Å². The molecule has 0 aromatic rings. The molecule has 2 bridgehead atoms. The van der Waals surface area contributed by atoms with Crippen molar-refractivity contribution in [2.75, 3.05) is 0 Å². The predicted molar refractivity (Wildman–Crippen MR) is 76.2 cm³/mol. The lowest BCUT2D eigenvalue weighted by Gasteiger charge is -2.40. The van der Waals surface area contributed by atoms with Crippen LogP contribution >= 0.6 is 0 Å². The highest BCUT2D eigenvalue weighted by Crippen LogP contribution is 2.58. The molecule has 0 spiro atoms. The molecule has 4 aliphatic carbocycles. The van der Waals surface area contributed by atoms with Gasteiger partial charge in [-0.3, -0.25) is 0 Å². The van der Waals surface area contributed by atoms with E-state index in [9.17, 15) is 0 Å². The Balaban J connectivity index is 1.53. The Bertz CT molecular complexity index is 320. The van der Waals surface area contributed by atoms with Gasteiger partial charge in [-0.25, -0.2) is 0 Å². The minimum absolute atomic E-state index is 1.05. The molecule has 0 amide bonds. The number of hydrogen-bond acceptors (Lipinski definition) is 0. The summed E-state index contributed by atoms with van der Waals surface area (Å²) in [6.07, 6.45) is 12.6. The largest absolute Gasteiger partial charge is 0.0620 e. The Kier molecular flexibility index (Phi) is 2.79. The van der Waals surface area contributed by atoms with Gasteiger partial charge in [-0.2, -0.15) is 0 Å². The van der Waals surface area contributed by atoms with Crippen LogP contribution in [-0.2, 0) is 0 Å². The summed E-state index contributed by atoms with van der Waals surface area (Å²) in [4.78, 5) is 0. The Morgan fingerprint density at radius 1 is 0.611 bits per heavy atom. The van der Waals surface area contributed by atoms with Gasteiger partial charge >= 0.3 is 0 Å². The summed E-state index contributed by atoms with van der Waals surface area (Å²) in [6, 6.07) is 0. The fourth-order valence-corrected chi connectivity index (χ4v) is 6.82. The van der Waals surface area contributed by atoms with Crippen LogP contribution in [0.3, 0.4) is 0 Å². The standard InChI is InChI=1S/C18H30/c1-11-14-7-6-13(8-14)9-17(11)18-10-15-4-3-5-16(15)12(18)2/h11-18H,3-10H2,1-2H3. The van der Waals surface area contributed by atoms with Gasteiger partial charge in [-0.05, 0) is 79.4 Å². The van der Waals surface area contributed by atoms with E-state index >= 15 is 0 Å². The summed E-state index contributed by atoms with van der Waals surface area (Å²) in [5.74, 6) is 8.83. The highest BCUT2D eigenvalue weighted by molar-refractivity contribution is 4.99. The Morgan fingerprint density at radius 3 is 2.28 bits per heavy atom. The summed E-state index contributed by atoms with van der Waals surface area (Å²) in [5, 5.41) is 0. The van der Waals surface area contributed by atoms with Gasteiger partial charge in [0.05, 0.1) is 0 Å². The topological polar surface area (TPSA) is 0 Å². The van der Waals surface area contributed by atoms with Crippen LogP contribution in [0.1, 0.15) is 65.2 Å². The molecule has 8 atom stereocenters. The molecule has 8 unspecified atom stereocenters. The zero-order chi connectivity index (χ0) is 12.3. The molecule has 0 heteroatoms. The van der Waals surface area contributed by atoms with Crippen molar-refractivity contribution in [3.05, 3.63) is 0 Å². The second kappa shape index (κ2) is 4.25. The third kappa shape index (κ3) is 1.63. The smallest absolute Gasteiger partial charge is 0.0352 e. The predicted octanol–water partition coefficient (Wildman–Crippen LogP) is 5.13. The highest BCUT2D eigenvalue weighted by atomic mass is 14.5. The van der Waals surface area contributed by atoms with Crippen LogP contribution in [0.5, 0.6) is 0 Å². The molecule has 18 heavy (non-hydrogen) atoms. The van der Waals surface area contributed by atoms with Crippen LogP contribution < -0.4 is 0 Å². The van der Waals surface area contributed by atoms with E-state index in [1.54, 1.807) is 44.9 Å². The number of hydrogen-bond donors (Lipinski definition) is 0. The molecule has 0 radical (unpaired) electrons. The van der Waals surface area contributed by atoms with Crippen molar-refractivity contribution in [1.29, 1.82) is 0 Å². The van der Waals surface area contributed by atoms with E-state index in [2.05, 4.69) is 13.8 Å². The van der Waals surface area contributed by atoms with Crippen molar-refractivity contribution in [2.45, 2.75) is 65.2 Å². The minimum atomic E-state index is 1.05. The van der Waals surface area contributed by atoms with Crippen molar-refractivity contribution in [3.8, 4) is 0 Å². The monoisotopic (exact) mass is 246 g/mol. The van der Waals surface area contributed by atoms with Crippen LogP contribution in [0.2, 0.25) is 0 Å². The van der Waals surface area contributed by atoms with Crippen LogP contribution in [0, 0.1) is 47.3 Å².